The Balaban J connectivity index is 2.22. The summed E-state index contributed by atoms with van der Waals surface area (Å²) in [6, 6.07) is 14.0. The van der Waals surface area contributed by atoms with Gasteiger partial charge in [-0.25, -0.2) is 4.68 Å². The summed E-state index contributed by atoms with van der Waals surface area (Å²) in [7, 11) is -1.22. The Morgan fingerprint density at radius 1 is 1.08 bits per heavy atom. The molecule has 3 aromatic rings. The number of aryl methyl sites for hydroxylation is 1. The molecule has 0 aliphatic heterocycles. The van der Waals surface area contributed by atoms with Gasteiger partial charge < -0.3 is 9.05 Å². The van der Waals surface area contributed by atoms with Crippen LogP contribution in [-0.2, 0) is 9.05 Å². The van der Waals surface area contributed by atoms with Crippen molar-refractivity contribution < 1.29 is 9.05 Å². The van der Waals surface area contributed by atoms with E-state index in [1.165, 1.54) is 0 Å². The van der Waals surface area contributed by atoms with Crippen LogP contribution in [-0.4, -0.2) is 23.0 Å². The maximum Gasteiger partial charge on any atom is 0.225 e. The minimum absolute atomic E-state index is 0.583. The predicted octanol–water partition coefficient (Wildman–Crippen LogP) is 5.00. The van der Waals surface area contributed by atoms with E-state index in [1.54, 1.807) is 0 Å². The van der Waals surface area contributed by atoms with Gasteiger partial charge in [-0.05, 0) is 44.5 Å². The summed E-state index contributed by atoms with van der Waals surface area (Å²) in [4.78, 5) is 0. The quantitative estimate of drug-likeness (QED) is 0.579. The minimum Gasteiger partial charge on any atom is -0.330 e. The highest BCUT2D eigenvalue weighted by Gasteiger charge is 2.24. The van der Waals surface area contributed by atoms with E-state index in [-0.39, 0.29) is 0 Å². The lowest BCUT2D eigenvalue weighted by atomic mass is 10.2. The van der Waals surface area contributed by atoms with Crippen LogP contribution in [0.25, 0.3) is 16.6 Å². The third-order valence-electron chi connectivity index (χ3n) is 3.62. The molecule has 6 heteroatoms. The Morgan fingerprint density at radius 2 is 1.79 bits per heavy atom. The maximum absolute atomic E-state index is 6.32. The van der Waals surface area contributed by atoms with E-state index < -0.39 is 8.38 Å². The van der Waals surface area contributed by atoms with Crippen LogP contribution in [0, 0.1) is 6.92 Å². The van der Waals surface area contributed by atoms with Gasteiger partial charge in [-0.3, -0.25) is 0 Å². The molecule has 0 saturated carbocycles. The lowest BCUT2D eigenvalue weighted by molar-refractivity contribution is 0.276. The van der Waals surface area contributed by atoms with E-state index in [2.05, 4.69) is 6.07 Å². The molecule has 0 bridgehead atoms. The molecule has 3 rings (SSSR count). The summed E-state index contributed by atoms with van der Waals surface area (Å²) in [6.07, 6.45) is 0. The molecular weight excluding hydrogens is 343 g/mol. The standard InChI is InChI=1S/C18H20ClN2O2P/c1-4-22-24(23-5-2)18-15-8-6-7-9-17(15)20-21(18)14-11-10-13(3)16(19)12-14/h6-12H,4-5H2,1-3H3. The second-order valence-electron chi connectivity index (χ2n) is 5.28. The van der Waals surface area contributed by atoms with Gasteiger partial charge in [0.15, 0.2) is 0 Å². The Hall–Kier alpha value is -1.45. The topological polar surface area (TPSA) is 36.3 Å². The van der Waals surface area contributed by atoms with Crippen molar-refractivity contribution in [1.29, 1.82) is 0 Å². The average Bonchev–Trinajstić information content (AvgIpc) is 2.96. The molecule has 0 atom stereocenters. The fraction of sp³-hybridized carbons (Fsp3) is 0.278. The fourth-order valence-electron chi connectivity index (χ4n) is 2.48. The Morgan fingerprint density at radius 3 is 2.46 bits per heavy atom. The van der Waals surface area contributed by atoms with Crippen molar-refractivity contribution >= 4 is 36.3 Å². The van der Waals surface area contributed by atoms with Gasteiger partial charge in [-0.1, -0.05) is 35.9 Å². The van der Waals surface area contributed by atoms with Crippen molar-refractivity contribution in [3.8, 4) is 5.69 Å². The second kappa shape index (κ2) is 7.62. The van der Waals surface area contributed by atoms with Crippen LogP contribution in [0.1, 0.15) is 19.4 Å². The summed E-state index contributed by atoms with van der Waals surface area (Å²) < 4.78 is 13.7. The van der Waals surface area contributed by atoms with Crippen molar-refractivity contribution in [2.24, 2.45) is 0 Å². The molecule has 1 aromatic heterocycles. The molecular formula is C18H20ClN2O2P. The van der Waals surface area contributed by atoms with Gasteiger partial charge in [0.1, 0.15) is 5.44 Å². The lowest BCUT2D eigenvalue weighted by Gasteiger charge is -2.18. The van der Waals surface area contributed by atoms with E-state index in [1.807, 2.05) is 61.9 Å². The summed E-state index contributed by atoms with van der Waals surface area (Å²) in [5, 5.41) is 6.51. The smallest absolute Gasteiger partial charge is 0.225 e. The molecule has 0 aliphatic rings. The molecule has 0 aliphatic carbocycles. The zero-order chi connectivity index (χ0) is 17.1. The van der Waals surface area contributed by atoms with Crippen molar-refractivity contribution in [1.82, 2.24) is 9.78 Å². The number of halogens is 1. The highest BCUT2D eigenvalue weighted by atomic mass is 35.5. The minimum atomic E-state index is -1.22. The summed E-state index contributed by atoms with van der Waals surface area (Å²) in [5.74, 6) is 0. The largest absolute Gasteiger partial charge is 0.330 e. The third-order valence-corrected chi connectivity index (χ3v) is 5.79. The Bertz CT molecular complexity index is 844. The van der Waals surface area contributed by atoms with Crippen LogP contribution >= 0.6 is 20.0 Å². The first kappa shape index (κ1) is 17.4. The number of benzene rings is 2. The van der Waals surface area contributed by atoms with Gasteiger partial charge in [0.25, 0.3) is 0 Å². The van der Waals surface area contributed by atoms with Crippen molar-refractivity contribution in [2.75, 3.05) is 13.2 Å². The SMILES string of the molecule is CCOP(OCC)c1c2ccccc2nn1-c1ccc(C)c(Cl)c1. The van der Waals surface area contributed by atoms with Gasteiger partial charge in [-0.15, -0.1) is 0 Å². The first-order valence-electron chi connectivity index (χ1n) is 7.96. The van der Waals surface area contributed by atoms with Gasteiger partial charge in [0.2, 0.25) is 8.38 Å². The van der Waals surface area contributed by atoms with Crippen LogP contribution in [0.15, 0.2) is 42.5 Å². The number of hydrogen-bond acceptors (Lipinski definition) is 3. The molecule has 2 aromatic carbocycles. The van der Waals surface area contributed by atoms with Crippen LogP contribution in [0.4, 0.5) is 0 Å². The summed E-state index contributed by atoms with van der Waals surface area (Å²) >= 11 is 6.32. The molecule has 0 amide bonds. The average molecular weight is 363 g/mol. The van der Waals surface area contributed by atoms with Gasteiger partial charge in [0, 0.05) is 10.4 Å². The molecule has 4 nitrogen and oxygen atoms in total. The van der Waals surface area contributed by atoms with Crippen LogP contribution in [0.3, 0.4) is 0 Å². The van der Waals surface area contributed by atoms with E-state index in [4.69, 9.17) is 25.7 Å². The zero-order valence-electron chi connectivity index (χ0n) is 14.0. The normalized spacial score (nSPS) is 11.5. The van der Waals surface area contributed by atoms with Gasteiger partial charge >= 0.3 is 0 Å². The molecule has 0 N–H and O–H groups in total. The molecule has 0 spiro atoms. The van der Waals surface area contributed by atoms with Crippen LogP contribution < -0.4 is 5.44 Å². The highest BCUT2D eigenvalue weighted by Crippen LogP contribution is 2.40. The van der Waals surface area contributed by atoms with Crippen LogP contribution in [0.5, 0.6) is 0 Å². The van der Waals surface area contributed by atoms with Gasteiger partial charge in [-0.2, -0.15) is 5.10 Å². The molecule has 0 radical (unpaired) electrons. The molecule has 24 heavy (non-hydrogen) atoms. The Labute approximate surface area is 148 Å². The highest BCUT2D eigenvalue weighted by molar-refractivity contribution is 7.56. The summed E-state index contributed by atoms with van der Waals surface area (Å²) in [5.41, 5.74) is 3.81. The molecule has 1 heterocycles. The van der Waals surface area contributed by atoms with Crippen LogP contribution in [0.2, 0.25) is 5.02 Å². The number of nitrogens with zero attached hydrogens (tertiary/aromatic N) is 2. The molecule has 0 fully saturated rings. The summed E-state index contributed by atoms with van der Waals surface area (Å²) in [6.45, 7) is 7.10. The number of aromatic nitrogens is 2. The predicted molar refractivity (Wildman–Crippen MR) is 101 cm³/mol. The number of hydrogen-bond donors (Lipinski definition) is 0. The first-order chi connectivity index (χ1) is 11.7. The fourth-order valence-corrected chi connectivity index (χ4v) is 4.15. The second-order valence-corrected chi connectivity index (χ2v) is 7.14. The third kappa shape index (κ3) is 3.33. The van der Waals surface area contributed by atoms with Crippen molar-refractivity contribution in [3.63, 3.8) is 0 Å². The zero-order valence-corrected chi connectivity index (χ0v) is 15.6. The van der Waals surface area contributed by atoms with Gasteiger partial charge in [0.05, 0.1) is 24.4 Å². The first-order valence-corrected chi connectivity index (χ1v) is 9.51. The van der Waals surface area contributed by atoms with Crippen molar-refractivity contribution in [3.05, 3.63) is 53.1 Å². The number of fused-ring (bicyclic) bond motifs is 1. The van der Waals surface area contributed by atoms with E-state index in [0.717, 1.165) is 32.6 Å². The lowest BCUT2D eigenvalue weighted by Crippen LogP contribution is -2.18. The maximum atomic E-state index is 6.32. The van der Waals surface area contributed by atoms with E-state index in [0.29, 0.717) is 13.2 Å². The van der Waals surface area contributed by atoms with E-state index in [9.17, 15) is 0 Å². The molecule has 0 unspecified atom stereocenters. The molecule has 0 saturated heterocycles. The monoisotopic (exact) mass is 362 g/mol. The molecule has 126 valence electrons. The Kier molecular flexibility index (Phi) is 5.52. The van der Waals surface area contributed by atoms with Crippen molar-refractivity contribution in [2.45, 2.75) is 20.8 Å². The van der Waals surface area contributed by atoms with E-state index >= 15 is 0 Å². The number of rotatable bonds is 6.